The van der Waals surface area contributed by atoms with Crippen molar-refractivity contribution >= 4 is 17.2 Å². The largest absolute Gasteiger partial charge is 0.464 e. The molecule has 0 radical (unpaired) electrons. The van der Waals surface area contributed by atoms with Crippen molar-refractivity contribution in [1.82, 2.24) is 9.55 Å². The number of fused-ring (bicyclic) bond motifs is 1. The minimum Gasteiger partial charge on any atom is -0.464 e. The fourth-order valence-electron chi connectivity index (χ4n) is 1.95. The third kappa shape index (κ3) is 2.74. The van der Waals surface area contributed by atoms with Crippen LogP contribution in [0.1, 0.15) is 33.2 Å². The Morgan fingerprint density at radius 1 is 1.50 bits per heavy atom. The highest BCUT2D eigenvalue weighted by Gasteiger charge is 2.26. The smallest absolute Gasteiger partial charge is 0.422 e. The maximum absolute atomic E-state index is 12.1. The fraction of sp³-hybridized carbons (Fsp3) is 0.500. The molecule has 0 fully saturated rings. The average Bonchev–Trinajstić information content (AvgIpc) is 2.74. The minimum absolute atomic E-state index is 0.243. The SMILES string of the molecule is CCC(C(=O)OCC(C)C)n1c(=O)oc2cccnc21. The molecule has 0 aromatic carbocycles. The van der Waals surface area contributed by atoms with E-state index in [0.29, 0.717) is 24.3 Å². The summed E-state index contributed by atoms with van der Waals surface area (Å²) in [5.74, 6) is -0.781. The zero-order valence-electron chi connectivity index (χ0n) is 11.8. The Kier molecular flexibility index (Phi) is 4.22. The first-order chi connectivity index (χ1) is 9.54. The van der Waals surface area contributed by atoms with Crippen molar-refractivity contribution in [1.29, 1.82) is 0 Å². The van der Waals surface area contributed by atoms with Crippen molar-refractivity contribution in [2.75, 3.05) is 6.61 Å². The lowest BCUT2D eigenvalue weighted by Gasteiger charge is -2.15. The summed E-state index contributed by atoms with van der Waals surface area (Å²) in [6.45, 7) is 6.05. The lowest BCUT2D eigenvalue weighted by Crippen LogP contribution is -2.29. The second kappa shape index (κ2) is 5.90. The number of nitrogens with zero attached hydrogens (tertiary/aromatic N) is 2. The van der Waals surface area contributed by atoms with Crippen molar-refractivity contribution in [3.8, 4) is 0 Å². The molecule has 0 amide bonds. The van der Waals surface area contributed by atoms with Crippen molar-refractivity contribution in [2.45, 2.75) is 33.2 Å². The number of ether oxygens (including phenoxy) is 1. The predicted octanol–water partition coefficient (Wildman–Crippen LogP) is 2.14. The number of carbonyl (C=O) groups excluding carboxylic acids is 1. The molecule has 6 heteroatoms. The van der Waals surface area contributed by atoms with Crippen LogP contribution in [0.5, 0.6) is 0 Å². The van der Waals surface area contributed by atoms with Crippen LogP contribution in [0.3, 0.4) is 0 Å². The van der Waals surface area contributed by atoms with Gasteiger partial charge in [0.1, 0.15) is 6.04 Å². The Morgan fingerprint density at radius 2 is 2.25 bits per heavy atom. The first-order valence-corrected chi connectivity index (χ1v) is 6.67. The van der Waals surface area contributed by atoms with Crippen molar-refractivity contribution < 1.29 is 13.9 Å². The highest BCUT2D eigenvalue weighted by molar-refractivity contribution is 5.77. The summed E-state index contributed by atoms with van der Waals surface area (Å²) >= 11 is 0. The number of pyridine rings is 1. The maximum atomic E-state index is 12.1. The van der Waals surface area contributed by atoms with Crippen molar-refractivity contribution in [3.05, 3.63) is 28.9 Å². The number of hydrogen-bond donors (Lipinski definition) is 0. The molecule has 1 unspecified atom stereocenters. The molecular formula is C14H18N2O4. The van der Waals surface area contributed by atoms with Gasteiger partial charge in [0, 0.05) is 6.20 Å². The summed E-state index contributed by atoms with van der Waals surface area (Å²) in [4.78, 5) is 28.2. The molecule has 2 aromatic rings. The highest BCUT2D eigenvalue weighted by Crippen LogP contribution is 2.18. The normalized spacial score (nSPS) is 12.8. The molecular weight excluding hydrogens is 260 g/mol. The van der Waals surface area contributed by atoms with Gasteiger partial charge in [-0.05, 0) is 24.5 Å². The van der Waals surface area contributed by atoms with E-state index in [1.54, 1.807) is 18.3 Å². The van der Waals surface area contributed by atoms with E-state index in [0.717, 1.165) is 0 Å². The molecule has 2 rings (SSSR count). The van der Waals surface area contributed by atoms with E-state index in [4.69, 9.17) is 9.15 Å². The van der Waals surface area contributed by atoms with Gasteiger partial charge in [-0.3, -0.25) is 0 Å². The average molecular weight is 278 g/mol. The van der Waals surface area contributed by atoms with Crippen LogP contribution in [0, 0.1) is 5.92 Å². The zero-order chi connectivity index (χ0) is 14.7. The number of carbonyl (C=O) groups is 1. The summed E-state index contributed by atoms with van der Waals surface area (Å²) in [5, 5.41) is 0. The van der Waals surface area contributed by atoms with E-state index in [-0.39, 0.29) is 5.92 Å². The molecule has 2 aromatic heterocycles. The molecule has 1 atom stereocenters. The monoisotopic (exact) mass is 278 g/mol. The molecule has 0 saturated heterocycles. The van der Waals surface area contributed by atoms with Gasteiger partial charge in [-0.15, -0.1) is 0 Å². The summed E-state index contributed by atoms with van der Waals surface area (Å²) in [5.41, 5.74) is 0.735. The Balaban J connectivity index is 2.37. The first-order valence-electron chi connectivity index (χ1n) is 6.67. The minimum atomic E-state index is -0.711. The first kappa shape index (κ1) is 14.3. The van der Waals surface area contributed by atoms with Gasteiger partial charge in [-0.1, -0.05) is 20.8 Å². The van der Waals surface area contributed by atoms with Gasteiger partial charge in [0.25, 0.3) is 0 Å². The van der Waals surface area contributed by atoms with Gasteiger partial charge < -0.3 is 9.15 Å². The van der Waals surface area contributed by atoms with Crippen LogP contribution < -0.4 is 5.76 Å². The van der Waals surface area contributed by atoms with Gasteiger partial charge in [0.15, 0.2) is 11.2 Å². The van der Waals surface area contributed by atoms with E-state index in [1.807, 2.05) is 20.8 Å². The number of rotatable bonds is 5. The van der Waals surface area contributed by atoms with Gasteiger partial charge in [-0.2, -0.15) is 0 Å². The molecule has 0 saturated carbocycles. The summed E-state index contributed by atoms with van der Waals surface area (Å²) in [6, 6.07) is 2.61. The molecule has 0 N–H and O–H groups in total. The molecule has 0 aliphatic carbocycles. The van der Waals surface area contributed by atoms with Crippen LogP contribution in [-0.4, -0.2) is 22.1 Å². The van der Waals surface area contributed by atoms with Gasteiger partial charge in [0.2, 0.25) is 0 Å². The Morgan fingerprint density at radius 3 is 2.90 bits per heavy atom. The summed E-state index contributed by atoms with van der Waals surface area (Å²) in [6.07, 6.45) is 1.99. The van der Waals surface area contributed by atoms with Crippen LogP contribution in [0.4, 0.5) is 0 Å². The summed E-state index contributed by atoms with van der Waals surface area (Å²) < 4.78 is 11.6. The number of hydrogen-bond acceptors (Lipinski definition) is 5. The van der Waals surface area contributed by atoms with Gasteiger partial charge in [0.05, 0.1) is 6.61 Å². The Hall–Kier alpha value is -2.11. The highest BCUT2D eigenvalue weighted by atomic mass is 16.5. The maximum Gasteiger partial charge on any atom is 0.422 e. The van der Waals surface area contributed by atoms with Crippen LogP contribution >= 0.6 is 0 Å². The molecule has 6 nitrogen and oxygen atoms in total. The lowest BCUT2D eigenvalue weighted by atomic mass is 10.2. The van der Waals surface area contributed by atoms with Crippen molar-refractivity contribution in [3.63, 3.8) is 0 Å². The molecule has 2 heterocycles. The van der Waals surface area contributed by atoms with Crippen LogP contribution in [-0.2, 0) is 9.53 Å². The predicted molar refractivity (Wildman–Crippen MR) is 73.4 cm³/mol. The van der Waals surface area contributed by atoms with E-state index in [9.17, 15) is 9.59 Å². The quantitative estimate of drug-likeness (QED) is 0.783. The molecule has 0 aliphatic heterocycles. The van der Waals surface area contributed by atoms with E-state index < -0.39 is 17.8 Å². The molecule has 0 spiro atoms. The number of aromatic nitrogens is 2. The standard InChI is InChI=1S/C14H18N2O4/c1-4-10(13(17)19-8-9(2)3)16-12-11(20-14(16)18)6-5-7-15-12/h5-7,9-10H,4,8H2,1-3H3. The number of esters is 1. The third-order valence-electron chi connectivity index (χ3n) is 2.90. The Labute approximate surface area is 116 Å². The lowest BCUT2D eigenvalue weighted by molar-refractivity contribution is -0.149. The van der Waals surface area contributed by atoms with Crippen LogP contribution in [0.15, 0.2) is 27.5 Å². The van der Waals surface area contributed by atoms with Crippen LogP contribution in [0.25, 0.3) is 11.2 Å². The Bertz CT molecular complexity index is 656. The zero-order valence-corrected chi connectivity index (χ0v) is 11.8. The van der Waals surface area contributed by atoms with Crippen molar-refractivity contribution in [2.24, 2.45) is 5.92 Å². The third-order valence-corrected chi connectivity index (χ3v) is 2.90. The topological polar surface area (TPSA) is 74.3 Å². The van der Waals surface area contributed by atoms with E-state index in [1.165, 1.54) is 4.57 Å². The van der Waals surface area contributed by atoms with Crippen LogP contribution in [0.2, 0.25) is 0 Å². The molecule has 20 heavy (non-hydrogen) atoms. The molecule has 0 bridgehead atoms. The molecule has 0 aliphatic rings. The number of oxazole rings is 1. The van der Waals surface area contributed by atoms with E-state index >= 15 is 0 Å². The second-order valence-electron chi connectivity index (χ2n) is 5.01. The molecule has 108 valence electrons. The van der Waals surface area contributed by atoms with Gasteiger partial charge >= 0.3 is 11.7 Å². The fourth-order valence-corrected chi connectivity index (χ4v) is 1.95. The van der Waals surface area contributed by atoms with E-state index in [2.05, 4.69) is 4.98 Å². The summed E-state index contributed by atoms with van der Waals surface area (Å²) in [7, 11) is 0. The van der Waals surface area contributed by atoms with Gasteiger partial charge in [-0.25, -0.2) is 19.1 Å². The second-order valence-corrected chi connectivity index (χ2v) is 5.01.